The van der Waals surface area contributed by atoms with Crippen LogP contribution in [0.4, 0.5) is 0 Å². The van der Waals surface area contributed by atoms with Gasteiger partial charge in [0.1, 0.15) is 0 Å². The molecule has 2 N–H and O–H groups in total. The number of hydrogen-bond acceptors (Lipinski definition) is 5. The second-order valence-corrected chi connectivity index (χ2v) is 8.06. The third-order valence-corrected chi connectivity index (χ3v) is 6.09. The Morgan fingerprint density at radius 1 is 1.38 bits per heavy atom. The number of nitrogens with zero attached hydrogens (tertiary/aromatic N) is 3. The molecule has 0 aliphatic carbocycles. The Kier molecular flexibility index (Phi) is 10.2. The predicted molar refractivity (Wildman–Crippen MR) is 131 cm³/mol. The number of aliphatic imine (C=N–C) groups is 1. The largest absolute Gasteiger partial charge is 0.478 e. The summed E-state index contributed by atoms with van der Waals surface area (Å²) >= 11 is 1.86. The molecule has 1 saturated heterocycles. The van der Waals surface area contributed by atoms with Gasteiger partial charge in [0.25, 0.3) is 0 Å². The summed E-state index contributed by atoms with van der Waals surface area (Å²) in [5, 5.41) is 9.11. The van der Waals surface area contributed by atoms with Crippen LogP contribution in [0.3, 0.4) is 0 Å². The molecule has 2 unspecified atom stereocenters. The van der Waals surface area contributed by atoms with Gasteiger partial charge in [-0.25, -0.2) is 4.98 Å². The van der Waals surface area contributed by atoms with Crippen LogP contribution in [-0.2, 0) is 6.54 Å². The third-order valence-electron chi connectivity index (χ3n) is 5.15. The fraction of sp³-hybridized carbons (Fsp3) is 0.524. The first-order valence-corrected chi connectivity index (χ1v) is 10.8. The summed E-state index contributed by atoms with van der Waals surface area (Å²) in [4.78, 5) is 12.5. The smallest absolute Gasteiger partial charge is 0.213 e. The van der Waals surface area contributed by atoms with Crippen LogP contribution >= 0.6 is 35.3 Å². The summed E-state index contributed by atoms with van der Waals surface area (Å²) < 4.78 is 5.48. The van der Waals surface area contributed by atoms with Gasteiger partial charge in [0.05, 0.1) is 6.61 Å². The molecule has 3 rings (SSSR count). The van der Waals surface area contributed by atoms with Gasteiger partial charge >= 0.3 is 0 Å². The molecule has 1 aliphatic heterocycles. The van der Waals surface area contributed by atoms with Crippen molar-refractivity contribution in [1.29, 1.82) is 0 Å². The van der Waals surface area contributed by atoms with Gasteiger partial charge in [-0.15, -0.1) is 35.3 Å². The molecule has 2 aromatic rings. The molecule has 2 atom stereocenters. The van der Waals surface area contributed by atoms with Crippen molar-refractivity contribution in [3.8, 4) is 5.88 Å². The predicted octanol–water partition coefficient (Wildman–Crippen LogP) is 3.91. The zero-order chi connectivity index (χ0) is 19.8. The zero-order valence-electron chi connectivity index (χ0n) is 17.4. The summed E-state index contributed by atoms with van der Waals surface area (Å²) in [7, 11) is 4.06. The van der Waals surface area contributed by atoms with E-state index in [0.717, 1.165) is 24.6 Å². The first-order chi connectivity index (χ1) is 13.7. The fourth-order valence-corrected chi connectivity index (χ4v) is 4.79. The van der Waals surface area contributed by atoms with Crippen molar-refractivity contribution >= 4 is 41.3 Å². The van der Waals surface area contributed by atoms with E-state index in [1.54, 1.807) is 6.20 Å². The van der Waals surface area contributed by atoms with Crippen molar-refractivity contribution in [3.63, 3.8) is 0 Å². The van der Waals surface area contributed by atoms with E-state index in [0.29, 0.717) is 31.0 Å². The molecule has 160 valence electrons. The van der Waals surface area contributed by atoms with Gasteiger partial charge < -0.3 is 15.4 Å². The number of likely N-dealkylation sites (tertiary alicyclic amines) is 1. The number of halogens is 1. The number of aromatic nitrogens is 1. The summed E-state index contributed by atoms with van der Waals surface area (Å²) in [5.41, 5.74) is 1.12. The lowest BCUT2D eigenvalue weighted by Crippen LogP contribution is -2.44. The SMILES string of the molecule is CCOc1cc(CNC(=NC)NCC2CCCN(C)C2c2cccs2)ccn1.I. The lowest BCUT2D eigenvalue weighted by molar-refractivity contribution is 0.125. The minimum absolute atomic E-state index is 0. The average molecular weight is 529 g/mol. The van der Waals surface area contributed by atoms with E-state index in [9.17, 15) is 0 Å². The maximum atomic E-state index is 5.48. The van der Waals surface area contributed by atoms with Crippen molar-refractivity contribution in [1.82, 2.24) is 20.5 Å². The van der Waals surface area contributed by atoms with Gasteiger partial charge in [-0.1, -0.05) is 6.07 Å². The molecule has 0 aromatic carbocycles. The van der Waals surface area contributed by atoms with Crippen LogP contribution < -0.4 is 15.4 Å². The topological polar surface area (TPSA) is 61.8 Å². The molecule has 0 amide bonds. The fourth-order valence-electron chi connectivity index (χ4n) is 3.80. The summed E-state index contributed by atoms with van der Waals surface area (Å²) in [5.74, 6) is 2.06. The van der Waals surface area contributed by atoms with Crippen LogP contribution in [0.2, 0.25) is 0 Å². The number of piperidine rings is 1. The number of guanidine groups is 1. The maximum absolute atomic E-state index is 5.48. The summed E-state index contributed by atoms with van der Waals surface area (Å²) in [6.45, 7) is 5.34. The van der Waals surface area contributed by atoms with Gasteiger partial charge in [-0.05, 0) is 62.4 Å². The summed E-state index contributed by atoms with van der Waals surface area (Å²) in [6, 6.07) is 8.85. The average Bonchev–Trinajstić information content (AvgIpc) is 3.23. The molecule has 1 fully saturated rings. The van der Waals surface area contributed by atoms with E-state index in [1.807, 2.05) is 37.4 Å². The number of rotatable bonds is 7. The highest BCUT2D eigenvalue weighted by Gasteiger charge is 2.31. The van der Waals surface area contributed by atoms with Crippen molar-refractivity contribution in [2.45, 2.75) is 32.4 Å². The number of hydrogen-bond donors (Lipinski definition) is 2. The molecule has 0 bridgehead atoms. The number of ether oxygens (including phenoxy) is 1. The monoisotopic (exact) mass is 529 g/mol. The first-order valence-electron chi connectivity index (χ1n) is 9.97. The molecule has 8 heteroatoms. The van der Waals surface area contributed by atoms with Crippen LogP contribution in [0.25, 0.3) is 0 Å². The van der Waals surface area contributed by atoms with Crippen molar-refractivity contribution in [2.24, 2.45) is 10.9 Å². The Morgan fingerprint density at radius 3 is 2.97 bits per heavy atom. The van der Waals surface area contributed by atoms with Crippen LogP contribution in [-0.4, -0.2) is 49.6 Å². The summed E-state index contributed by atoms with van der Waals surface area (Å²) in [6.07, 6.45) is 4.26. The zero-order valence-corrected chi connectivity index (χ0v) is 20.6. The Labute approximate surface area is 195 Å². The van der Waals surface area contributed by atoms with Gasteiger partial charge in [0.2, 0.25) is 5.88 Å². The van der Waals surface area contributed by atoms with Crippen LogP contribution in [0, 0.1) is 5.92 Å². The van der Waals surface area contributed by atoms with Crippen molar-refractivity contribution in [3.05, 3.63) is 46.3 Å². The second kappa shape index (κ2) is 12.3. The Hall–Kier alpha value is -1.39. The van der Waals surface area contributed by atoms with E-state index >= 15 is 0 Å². The third kappa shape index (κ3) is 6.82. The normalized spacial score (nSPS) is 20.0. The number of thiophene rings is 1. The lowest BCUT2D eigenvalue weighted by Gasteiger charge is -2.39. The minimum Gasteiger partial charge on any atom is -0.478 e. The molecule has 3 heterocycles. The van der Waals surface area contributed by atoms with Crippen molar-refractivity contribution in [2.75, 3.05) is 33.8 Å². The minimum atomic E-state index is 0. The molecule has 1 aliphatic rings. The highest BCUT2D eigenvalue weighted by atomic mass is 127. The highest BCUT2D eigenvalue weighted by Crippen LogP contribution is 2.36. The van der Waals surface area contributed by atoms with Crippen molar-refractivity contribution < 1.29 is 4.74 Å². The maximum Gasteiger partial charge on any atom is 0.213 e. The van der Waals surface area contributed by atoms with E-state index in [2.05, 4.69) is 50.1 Å². The van der Waals surface area contributed by atoms with Gasteiger partial charge in [0, 0.05) is 43.3 Å². The van der Waals surface area contributed by atoms with Gasteiger partial charge in [0.15, 0.2) is 5.96 Å². The molecular formula is C21H32IN5OS. The van der Waals surface area contributed by atoms with Crippen LogP contribution in [0.15, 0.2) is 40.8 Å². The Bertz CT molecular complexity index is 755. The van der Waals surface area contributed by atoms with Gasteiger partial charge in [-0.2, -0.15) is 0 Å². The molecular weight excluding hydrogens is 497 g/mol. The Morgan fingerprint density at radius 2 is 2.24 bits per heavy atom. The standard InChI is InChI=1S/C21H31N5OS.HI/c1-4-27-19-13-16(9-10-23-19)14-24-21(22-2)25-15-17-7-5-11-26(3)20(17)18-8-6-12-28-18;/h6,8-10,12-13,17,20H,4-5,7,11,14-15H2,1-3H3,(H2,22,24,25);1H. The van der Waals surface area contributed by atoms with E-state index in [-0.39, 0.29) is 24.0 Å². The quantitative estimate of drug-likeness (QED) is 0.324. The highest BCUT2D eigenvalue weighted by molar-refractivity contribution is 14.0. The molecule has 0 radical (unpaired) electrons. The van der Waals surface area contributed by atoms with E-state index in [4.69, 9.17) is 4.74 Å². The van der Waals surface area contributed by atoms with E-state index < -0.39 is 0 Å². The van der Waals surface area contributed by atoms with Crippen LogP contribution in [0.1, 0.15) is 36.2 Å². The molecule has 29 heavy (non-hydrogen) atoms. The Balaban J connectivity index is 0.00000300. The van der Waals surface area contributed by atoms with Gasteiger partial charge in [-0.3, -0.25) is 9.89 Å². The molecule has 0 spiro atoms. The molecule has 2 aromatic heterocycles. The second-order valence-electron chi connectivity index (χ2n) is 7.09. The lowest BCUT2D eigenvalue weighted by atomic mass is 9.88. The number of nitrogens with one attached hydrogen (secondary N) is 2. The molecule has 6 nitrogen and oxygen atoms in total. The molecule has 0 saturated carbocycles. The van der Waals surface area contributed by atoms with Crippen LogP contribution in [0.5, 0.6) is 5.88 Å². The first kappa shape index (κ1) is 23.9. The van der Waals surface area contributed by atoms with E-state index in [1.165, 1.54) is 17.7 Å². The number of pyridine rings is 1.